The third kappa shape index (κ3) is 2.80. The van der Waals surface area contributed by atoms with Crippen molar-refractivity contribution in [2.75, 3.05) is 7.05 Å². The lowest BCUT2D eigenvalue weighted by atomic mass is 10.0. The highest BCUT2D eigenvalue weighted by Gasteiger charge is 2.38. The first-order chi connectivity index (χ1) is 8.84. The maximum atomic E-state index is 13.0. The van der Waals surface area contributed by atoms with Crippen LogP contribution in [0, 0.1) is 0 Å². The van der Waals surface area contributed by atoms with Crippen LogP contribution in [0.25, 0.3) is 6.08 Å². The van der Waals surface area contributed by atoms with Crippen LogP contribution in [0.3, 0.4) is 0 Å². The summed E-state index contributed by atoms with van der Waals surface area (Å²) < 4.78 is 39.0. The number of hydrogen-bond acceptors (Lipinski definition) is 1. The van der Waals surface area contributed by atoms with E-state index in [2.05, 4.69) is 6.58 Å². The quantitative estimate of drug-likeness (QED) is 0.821. The molecule has 0 aromatic heterocycles. The highest BCUT2D eigenvalue weighted by Crippen LogP contribution is 2.35. The number of benzene rings is 1. The molecular formula is C14H14F3NO. The lowest BCUT2D eigenvalue weighted by Gasteiger charge is -2.19. The molecule has 1 fully saturated rings. The molecular weight excluding hydrogens is 255 g/mol. The van der Waals surface area contributed by atoms with E-state index < -0.39 is 17.6 Å². The molecule has 0 aliphatic heterocycles. The Morgan fingerprint density at radius 1 is 1.42 bits per heavy atom. The van der Waals surface area contributed by atoms with Gasteiger partial charge in [-0.15, -0.1) is 0 Å². The van der Waals surface area contributed by atoms with Crippen LogP contribution in [0.2, 0.25) is 0 Å². The predicted octanol–water partition coefficient (Wildman–Crippen LogP) is 3.58. The van der Waals surface area contributed by atoms with Gasteiger partial charge in [0.2, 0.25) is 0 Å². The number of nitrogens with zero attached hydrogens (tertiary/aromatic N) is 1. The van der Waals surface area contributed by atoms with E-state index in [0.29, 0.717) is 5.56 Å². The van der Waals surface area contributed by atoms with Crippen LogP contribution >= 0.6 is 0 Å². The fourth-order valence-electron chi connectivity index (χ4n) is 1.93. The van der Waals surface area contributed by atoms with Gasteiger partial charge >= 0.3 is 6.18 Å². The Hall–Kier alpha value is -1.78. The highest BCUT2D eigenvalue weighted by atomic mass is 19.4. The van der Waals surface area contributed by atoms with Crippen molar-refractivity contribution in [3.8, 4) is 0 Å². The van der Waals surface area contributed by atoms with Gasteiger partial charge in [-0.3, -0.25) is 4.79 Å². The molecule has 19 heavy (non-hydrogen) atoms. The number of rotatable bonds is 3. The fourth-order valence-corrected chi connectivity index (χ4v) is 1.93. The Labute approximate surface area is 109 Å². The van der Waals surface area contributed by atoms with E-state index in [-0.39, 0.29) is 11.6 Å². The molecule has 0 spiro atoms. The van der Waals surface area contributed by atoms with Gasteiger partial charge in [0.25, 0.3) is 5.91 Å². The Kier molecular flexibility index (Phi) is 3.39. The summed E-state index contributed by atoms with van der Waals surface area (Å²) in [5.41, 5.74) is -0.854. The van der Waals surface area contributed by atoms with Gasteiger partial charge < -0.3 is 4.90 Å². The summed E-state index contributed by atoms with van der Waals surface area (Å²) in [6, 6.07) is 3.73. The Balaban J connectivity index is 2.43. The molecule has 0 saturated heterocycles. The van der Waals surface area contributed by atoms with Crippen molar-refractivity contribution in [3.63, 3.8) is 0 Å². The second kappa shape index (κ2) is 4.72. The minimum absolute atomic E-state index is 0.0765. The van der Waals surface area contributed by atoms with Gasteiger partial charge in [-0.25, -0.2) is 0 Å². The van der Waals surface area contributed by atoms with Crippen molar-refractivity contribution in [1.29, 1.82) is 0 Å². The summed E-state index contributed by atoms with van der Waals surface area (Å²) >= 11 is 0. The molecule has 1 aliphatic rings. The van der Waals surface area contributed by atoms with Crippen molar-refractivity contribution < 1.29 is 18.0 Å². The summed E-state index contributed by atoms with van der Waals surface area (Å²) in [6.07, 6.45) is -1.51. The maximum absolute atomic E-state index is 13.0. The van der Waals surface area contributed by atoms with E-state index in [4.69, 9.17) is 0 Å². The highest BCUT2D eigenvalue weighted by molar-refractivity contribution is 5.96. The normalized spacial score (nSPS) is 15.2. The Morgan fingerprint density at radius 2 is 2.05 bits per heavy atom. The van der Waals surface area contributed by atoms with E-state index in [1.807, 2.05) is 0 Å². The van der Waals surface area contributed by atoms with Crippen molar-refractivity contribution in [2.24, 2.45) is 0 Å². The molecule has 1 aliphatic carbocycles. The molecule has 1 aromatic carbocycles. The SMILES string of the molecule is C=Cc1ccc(C(=O)N(C)C2CC2)c(C(F)(F)F)c1. The van der Waals surface area contributed by atoms with Crippen LogP contribution in [-0.2, 0) is 6.18 Å². The van der Waals surface area contributed by atoms with E-state index >= 15 is 0 Å². The second-order valence-corrected chi connectivity index (χ2v) is 4.65. The zero-order valence-electron chi connectivity index (χ0n) is 10.5. The summed E-state index contributed by atoms with van der Waals surface area (Å²) in [5, 5.41) is 0. The average Bonchev–Trinajstić information content (AvgIpc) is 3.19. The maximum Gasteiger partial charge on any atom is 0.417 e. The van der Waals surface area contributed by atoms with Crippen molar-refractivity contribution in [3.05, 3.63) is 41.5 Å². The van der Waals surface area contributed by atoms with E-state index in [0.717, 1.165) is 18.9 Å². The number of halogens is 3. The average molecular weight is 269 g/mol. The van der Waals surface area contributed by atoms with Crippen molar-refractivity contribution in [2.45, 2.75) is 25.1 Å². The molecule has 0 atom stereocenters. The number of amides is 1. The van der Waals surface area contributed by atoms with Gasteiger partial charge in [0.1, 0.15) is 0 Å². The van der Waals surface area contributed by atoms with Crippen molar-refractivity contribution in [1.82, 2.24) is 4.90 Å². The molecule has 0 radical (unpaired) electrons. The Bertz CT molecular complexity index is 518. The van der Waals surface area contributed by atoms with Crippen LogP contribution in [0.5, 0.6) is 0 Å². The summed E-state index contributed by atoms with van der Waals surface area (Å²) in [4.78, 5) is 13.5. The first-order valence-electron chi connectivity index (χ1n) is 5.95. The minimum atomic E-state index is -4.55. The Morgan fingerprint density at radius 3 is 2.53 bits per heavy atom. The van der Waals surface area contributed by atoms with E-state index in [1.54, 1.807) is 7.05 Å². The second-order valence-electron chi connectivity index (χ2n) is 4.65. The summed E-state index contributed by atoms with van der Waals surface area (Å²) in [7, 11) is 1.54. The van der Waals surface area contributed by atoms with Gasteiger partial charge in [-0.1, -0.05) is 18.7 Å². The van der Waals surface area contributed by atoms with E-state index in [1.165, 1.54) is 23.1 Å². The molecule has 1 saturated carbocycles. The van der Waals surface area contributed by atoms with E-state index in [9.17, 15) is 18.0 Å². The van der Waals surface area contributed by atoms with Crippen LogP contribution in [0.15, 0.2) is 24.8 Å². The van der Waals surface area contributed by atoms with Crippen LogP contribution in [0.4, 0.5) is 13.2 Å². The standard InChI is InChI=1S/C14H14F3NO/c1-3-9-4-7-11(12(8-9)14(15,16)17)13(19)18(2)10-5-6-10/h3-4,7-8,10H,1,5-6H2,2H3. The molecule has 5 heteroatoms. The molecule has 0 unspecified atom stereocenters. The van der Waals surface area contributed by atoms with Crippen molar-refractivity contribution >= 4 is 12.0 Å². The molecule has 0 N–H and O–H groups in total. The fraction of sp³-hybridized carbons (Fsp3) is 0.357. The third-order valence-electron chi connectivity index (χ3n) is 3.23. The molecule has 0 bridgehead atoms. The smallest absolute Gasteiger partial charge is 0.339 e. The first-order valence-corrected chi connectivity index (χ1v) is 5.95. The molecule has 1 amide bonds. The molecule has 0 heterocycles. The topological polar surface area (TPSA) is 20.3 Å². The largest absolute Gasteiger partial charge is 0.417 e. The number of alkyl halides is 3. The molecule has 102 valence electrons. The van der Waals surface area contributed by atoms with Gasteiger partial charge in [-0.05, 0) is 30.5 Å². The van der Waals surface area contributed by atoms with Gasteiger partial charge in [0.15, 0.2) is 0 Å². The zero-order chi connectivity index (χ0) is 14.2. The third-order valence-corrected chi connectivity index (χ3v) is 3.23. The molecule has 2 rings (SSSR count). The number of hydrogen-bond donors (Lipinski definition) is 0. The number of carbonyl (C=O) groups is 1. The van der Waals surface area contributed by atoms with Gasteiger partial charge in [-0.2, -0.15) is 13.2 Å². The lowest BCUT2D eigenvalue weighted by molar-refractivity contribution is -0.138. The summed E-state index contributed by atoms with van der Waals surface area (Å²) in [5.74, 6) is -0.578. The predicted molar refractivity (Wildman–Crippen MR) is 66.7 cm³/mol. The summed E-state index contributed by atoms with van der Waals surface area (Å²) in [6.45, 7) is 3.44. The monoisotopic (exact) mass is 269 g/mol. The van der Waals surface area contributed by atoms with Gasteiger partial charge in [0, 0.05) is 13.1 Å². The van der Waals surface area contributed by atoms with Crippen LogP contribution in [0.1, 0.15) is 34.3 Å². The zero-order valence-corrected chi connectivity index (χ0v) is 10.5. The van der Waals surface area contributed by atoms with Crippen LogP contribution in [-0.4, -0.2) is 23.9 Å². The lowest BCUT2D eigenvalue weighted by Crippen LogP contribution is -2.30. The van der Waals surface area contributed by atoms with Crippen LogP contribution < -0.4 is 0 Å². The minimum Gasteiger partial charge on any atom is -0.339 e. The molecule has 1 aromatic rings. The first kappa shape index (κ1) is 13.6. The number of carbonyl (C=O) groups excluding carboxylic acids is 1. The molecule has 2 nitrogen and oxygen atoms in total. The van der Waals surface area contributed by atoms with Gasteiger partial charge in [0.05, 0.1) is 11.1 Å².